The van der Waals surface area contributed by atoms with Gasteiger partial charge in [-0.3, -0.25) is 9.59 Å². The molecule has 0 radical (unpaired) electrons. The summed E-state index contributed by atoms with van der Waals surface area (Å²) in [4.78, 5) is 25.3. The second-order valence-corrected chi connectivity index (χ2v) is 8.57. The summed E-state index contributed by atoms with van der Waals surface area (Å²) in [5, 5.41) is 6.17. The van der Waals surface area contributed by atoms with Gasteiger partial charge in [-0.05, 0) is 78.9 Å². The lowest BCUT2D eigenvalue weighted by molar-refractivity contribution is -0.137. The lowest BCUT2D eigenvalue weighted by Crippen LogP contribution is -2.16. The summed E-state index contributed by atoms with van der Waals surface area (Å²) in [7, 11) is 0. The Labute approximate surface area is 198 Å². The van der Waals surface area contributed by atoms with Gasteiger partial charge in [-0.2, -0.15) is 13.2 Å². The highest BCUT2D eigenvalue weighted by Gasteiger charge is 2.30. The number of carbonyl (C=O) groups excluding carboxylic acids is 2. The van der Waals surface area contributed by atoms with Crippen molar-refractivity contribution in [2.75, 3.05) is 10.6 Å². The Kier molecular flexibility index (Phi) is 5.80. The van der Waals surface area contributed by atoms with Crippen molar-refractivity contribution in [2.24, 2.45) is 0 Å². The molecule has 0 spiro atoms. The Morgan fingerprint density at radius 2 is 1.60 bits per heavy atom. The molecule has 2 amide bonds. The van der Waals surface area contributed by atoms with Crippen LogP contribution in [-0.4, -0.2) is 11.8 Å². The molecule has 0 aliphatic heterocycles. The minimum atomic E-state index is -4.51. The molecular formula is C27H21F3N2O3. The van der Waals surface area contributed by atoms with Gasteiger partial charge in [0.2, 0.25) is 5.91 Å². The van der Waals surface area contributed by atoms with Crippen molar-refractivity contribution in [3.8, 4) is 0 Å². The Bertz CT molecular complexity index is 1440. The fourth-order valence-electron chi connectivity index (χ4n) is 4.38. The molecule has 1 aliphatic carbocycles. The minimum Gasteiger partial charge on any atom is -0.464 e. The number of alkyl halides is 3. The van der Waals surface area contributed by atoms with Gasteiger partial charge in [-0.15, -0.1) is 0 Å². The number of benzene rings is 3. The second kappa shape index (κ2) is 8.94. The van der Waals surface area contributed by atoms with E-state index in [9.17, 15) is 22.8 Å². The topological polar surface area (TPSA) is 71.3 Å². The van der Waals surface area contributed by atoms with Crippen molar-refractivity contribution in [3.05, 3.63) is 94.7 Å². The van der Waals surface area contributed by atoms with Crippen LogP contribution in [0.5, 0.6) is 0 Å². The summed E-state index contributed by atoms with van der Waals surface area (Å²) in [5.74, 6) is -0.862. The van der Waals surface area contributed by atoms with Crippen LogP contribution in [0.1, 0.15) is 39.0 Å². The average Bonchev–Trinajstić information content (AvgIpc) is 3.43. The predicted octanol–water partition coefficient (Wildman–Crippen LogP) is 6.37. The van der Waals surface area contributed by atoms with Crippen molar-refractivity contribution in [1.82, 2.24) is 0 Å². The lowest BCUT2D eigenvalue weighted by Gasteiger charge is -2.11. The van der Waals surface area contributed by atoms with Gasteiger partial charge >= 0.3 is 6.18 Å². The molecule has 8 heteroatoms. The smallest absolute Gasteiger partial charge is 0.416 e. The van der Waals surface area contributed by atoms with Gasteiger partial charge in [-0.1, -0.05) is 12.1 Å². The molecule has 1 heterocycles. The first-order chi connectivity index (χ1) is 16.8. The van der Waals surface area contributed by atoms with Crippen LogP contribution in [0.2, 0.25) is 0 Å². The van der Waals surface area contributed by atoms with E-state index in [-0.39, 0.29) is 23.6 Å². The first-order valence-corrected chi connectivity index (χ1v) is 11.2. The molecule has 1 aliphatic rings. The Hall–Kier alpha value is -4.07. The summed E-state index contributed by atoms with van der Waals surface area (Å²) >= 11 is 0. The van der Waals surface area contributed by atoms with Gasteiger partial charge in [0.05, 0.1) is 18.2 Å². The zero-order valence-corrected chi connectivity index (χ0v) is 18.5. The van der Waals surface area contributed by atoms with Gasteiger partial charge in [0.1, 0.15) is 5.58 Å². The van der Waals surface area contributed by atoms with Crippen LogP contribution in [0.3, 0.4) is 0 Å². The molecular weight excluding hydrogens is 457 g/mol. The van der Waals surface area contributed by atoms with E-state index in [1.165, 1.54) is 35.4 Å². The van der Waals surface area contributed by atoms with Crippen LogP contribution in [0.15, 0.2) is 71.3 Å². The van der Waals surface area contributed by atoms with E-state index in [1.54, 1.807) is 18.4 Å². The Balaban J connectivity index is 1.27. The van der Waals surface area contributed by atoms with Gasteiger partial charge in [0.25, 0.3) is 5.91 Å². The lowest BCUT2D eigenvalue weighted by atomic mass is 10.0. The third-order valence-corrected chi connectivity index (χ3v) is 6.08. The highest BCUT2D eigenvalue weighted by atomic mass is 19.4. The zero-order chi connectivity index (χ0) is 24.6. The number of furan rings is 1. The molecule has 0 unspecified atom stereocenters. The molecule has 0 saturated carbocycles. The van der Waals surface area contributed by atoms with Crippen LogP contribution in [0, 0.1) is 0 Å². The number of carbonyl (C=O) groups is 2. The van der Waals surface area contributed by atoms with Crippen LogP contribution >= 0.6 is 0 Å². The molecule has 2 N–H and O–H groups in total. The summed E-state index contributed by atoms with van der Waals surface area (Å²) in [5.41, 5.74) is 3.91. The van der Waals surface area contributed by atoms with Crippen LogP contribution in [0.4, 0.5) is 24.5 Å². The van der Waals surface area contributed by atoms with Crippen molar-refractivity contribution in [1.29, 1.82) is 0 Å². The first-order valence-electron chi connectivity index (χ1n) is 11.2. The van der Waals surface area contributed by atoms with E-state index in [0.717, 1.165) is 47.9 Å². The highest BCUT2D eigenvalue weighted by Crippen LogP contribution is 2.32. The second-order valence-electron chi connectivity index (χ2n) is 8.57. The van der Waals surface area contributed by atoms with Crippen molar-refractivity contribution >= 4 is 34.2 Å². The third kappa shape index (κ3) is 4.91. The molecule has 0 atom stereocenters. The molecule has 4 aromatic rings. The fourth-order valence-corrected chi connectivity index (χ4v) is 4.38. The number of fused-ring (bicyclic) bond motifs is 2. The molecule has 1 aromatic heterocycles. The van der Waals surface area contributed by atoms with Crippen molar-refractivity contribution in [2.45, 2.75) is 31.9 Å². The van der Waals surface area contributed by atoms with E-state index in [1.807, 2.05) is 6.07 Å². The Morgan fingerprint density at radius 3 is 2.37 bits per heavy atom. The number of hydrogen-bond donors (Lipinski definition) is 2. The summed E-state index contributed by atoms with van der Waals surface area (Å²) < 4.78 is 44.4. The maximum absolute atomic E-state index is 12.9. The normalized spacial score (nSPS) is 13.0. The molecule has 0 saturated heterocycles. The van der Waals surface area contributed by atoms with E-state index < -0.39 is 17.6 Å². The SMILES string of the molecule is O=C(Cc1coc2cc3c(cc12)CCC3)Nc1cccc(C(=O)Nc2cccc(C(F)(F)F)c2)c1. The Morgan fingerprint density at radius 1 is 0.886 bits per heavy atom. The standard InChI is InChI=1S/C27H21F3N2O3/c28-27(29,30)20-7-3-9-22(14-20)32-26(34)18-6-2-8-21(10-18)31-25(33)13-19-15-35-24-12-17-5-1-4-16(17)11-23(19)24/h2-3,6-12,14-15H,1,4-5,13H2,(H,31,33)(H,32,34). The predicted molar refractivity (Wildman–Crippen MR) is 126 cm³/mol. The first kappa shape index (κ1) is 22.7. The number of nitrogens with one attached hydrogen (secondary N) is 2. The number of rotatable bonds is 5. The number of aryl methyl sites for hydroxylation is 2. The summed E-state index contributed by atoms with van der Waals surface area (Å²) in [6.07, 6.45) is 0.377. The van der Waals surface area contributed by atoms with Gasteiger partial charge < -0.3 is 15.1 Å². The molecule has 0 bridgehead atoms. The quantitative estimate of drug-likeness (QED) is 0.350. The average molecular weight is 478 g/mol. The van der Waals surface area contributed by atoms with Crippen LogP contribution in [0.25, 0.3) is 11.0 Å². The number of hydrogen-bond acceptors (Lipinski definition) is 3. The van der Waals surface area contributed by atoms with Crippen molar-refractivity contribution in [3.63, 3.8) is 0 Å². The molecule has 5 nitrogen and oxygen atoms in total. The van der Waals surface area contributed by atoms with Gasteiger partial charge in [0, 0.05) is 27.9 Å². The number of anilines is 2. The van der Waals surface area contributed by atoms with Gasteiger partial charge in [0.15, 0.2) is 0 Å². The van der Waals surface area contributed by atoms with E-state index >= 15 is 0 Å². The van der Waals surface area contributed by atoms with Crippen molar-refractivity contribution < 1.29 is 27.2 Å². The maximum Gasteiger partial charge on any atom is 0.416 e. The number of amides is 2. The fraction of sp³-hybridized carbons (Fsp3) is 0.185. The summed E-state index contributed by atoms with van der Waals surface area (Å²) in [6, 6.07) is 14.8. The van der Waals surface area contributed by atoms with Gasteiger partial charge in [-0.25, -0.2) is 0 Å². The maximum atomic E-state index is 12.9. The molecule has 3 aromatic carbocycles. The van der Waals surface area contributed by atoms with Crippen LogP contribution in [-0.2, 0) is 30.2 Å². The third-order valence-electron chi connectivity index (χ3n) is 6.08. The minimum absolute atomic E-state index is 0.0255. The molecule has 5 rings (SSSR count). The largest absolute Gasteiger partial charge is 0.464 e. The highest BCUT2D eigenvalue weighted by molar-refractivity contribution is 6.05. The van der Waals surface area contributed by atoms with Crippen LogP contribution < -0.4 is 10.6 Å². The van der Waals surface area contributed by atoms with E-state index in [0.29, 0.717) is 5.69 Å². The van der Waals surface area contributed by atoms with E-state index in [4.69, 9.17) is 4.42 Å². The monoisotopic (exact) mass is 478 g/mol. The molecule has 178 valence electrons. The summed E-state index contributed by atoms with van der Waals surface area (Å²) in [6.45, 7) is 0. The number of halogens is 3. The zero-order valence-electron chi connectivity index (χ0n) is 18.5. The molecule has 35 heavy (non-hydrogen) atoms. The van der Waals surface area contributed by atoms with E-state index in [2.05, 4.69) is 16.7 Å². The molecule has 0 fully saturated rings.